The second kappa shape index (κ2) is 19.0. The molecule has 0 aliphatic carbocycles. The smallest absolute Gasteiger partial charge is 0.307 e. The Kier molecular flexibility index (Phi) is 17.8. The van der Waals surface area contributed by atoms with Gasteiger partial charge >= 0.3 is 11.9 Å². The molecule has 0 fully saturated rings. The zero-order chi connectivity index (χ0) is 20.2. The van der Waals surface area contributed by atoms with Gasteiger partial charge in [-0.2, -0.15) is 0 Å². The summed E-state index contributed by atoms with van der Waals surface area (Å²) >= 11 is 0. The average molecular weight is 393 g/mol. The van der Waals surface area contributed by atoms with Gasteiger partial charge in [-0.15, -0.1) is 0 Å². The summed E-state index contributed by atoms with van der Waals surface area (Å²) < 4.78 is 25.7. The summed E-state index contributed by atoms with van der Waals surface area (Å²) in [6, 6.07) is 0. The van der Waals surface area contributed by atoms with Gasteiger partial charge in [-0.1, -0.05) is 0 Å². The lowest BCUT2D eigenvalue weighted by molar-refractivity contribution is -0.142. The normalized spacial score (nSPS) is 10.6. The van der Waals surface area contributed by atoms with Crippen molar-refractivity contribution < 1.29 is 43.2 Å². The number of carbonyl (C=O) groups is 3. The molecule has 0 aliphatic heterocycles. The van der Waals surface area contributed by atoms with E-state index in [1.807, 2.05) is 0 Å². The van der Waals surface area contributed by atoms with Crippen LogP contribution in [0, 0.1) is 0 Å². The van der Waals surface area contributed by atoms with Gasteiger partial charge in [0.2, 0.25) is 5.91 Å². The van der Waals surface area contributed by atoms with Crippen molar-refractivity contribution in [2.45, 2.75) is 25.7 Å². The molecule has 0 saturated carbocycles. The number of carboxylic acid groups (broad SMARTS) is 1. The molecule has 158 valence electrons. The van der Waals surface area contributed by atoms with Crippen molar-refractivity contribution in [1.29, 1.82) is 0 Å². The summed E-state index contributed by atoms with van der Waals surface area (Å²) in [7, 11) is 1.34. The van der Waals surface area contributed by atoms with Crippen LogP contribution in [-0.2, 0) is 38.1 Å². The summed E-state index contributed by atoms with van der Waals surface area (Å²) in [5, 5.41) is 11.1. The van der Waals surface area contributed by atoms with Crippen molar-refractivity contribution in [3.8, 4) is 0 Å². The van der Waals surface area contributed by atoms with Crippen molar-refractivity contribution in [2.75, 3.05) is 66.5 Å². The number of esters is 1. The average Bonchev–Trinajstić information content (AvgIpc) is 2.65. The first-order valence-corrected chi connectivity index (χ1v) is 8.92. The maximum Gasteiger partial charge on any atom is 0.307 e. The number of hydrogen-bond acceptors (Lipinski definition) is 8. The maximum atomic E-state index is 11.2. The third kappa shape index (κ3) is 20.4. The fourth-order valence-electron chi connectivity index (χ4n) is 1.73. The van der Waals surface area contributed by atoms with E-state index in [1.54, 1.807) is 0 Å². The fraction of sp³-hybridized carbons (Fsp3) is 0.824. The number of methoxy groups -OCH3 is 1. The lowest BCUT2D eigenvalue weighted by atomic mass is 10.3. The molecule has 2 N–H and O–H groups in total. The Bertz CT molecular complexity index is 404. The zero-order valence-electron chi connectivity index (χ0n) is 15.9. The highest BCUT2D eigenvalue weighted by atomic mass is 16.6. The Morgan fingerprint density at radius 3 is 1.78 bits per heavy atom. The van der Waals surface area contributed by atoms with Crippen LogP contribution in [0.25, 0.3) is 0 Å². The molecule has 0 saturated heterocycles. The van der Waals surface area contributed by atoms with Crippen LogP contribution in [0.5, 0.6) is 0 Å². The van der Waals surface area contributed by atoms with E-state index in [0.29, 0.717) is 65.8 Å². The van der Waals surface area contributed by atoms with Crippen molar-refractivity contribution in [2.24, 2.45) is 0 Å². The standard InChI is InChI=1S/C17H31NO9/c1-23-17(22)5-8-25-10-12-27-14-13-26-11-9-24-7-2-6-18-15(19)3-4-16(20)21/h2-14H2,1H3,(H,18,19)(H,20,21). The number of nitrogens with one attached hydrogen (secondary N) is 1. The van der Waals surface area contributed by atoms with E-state index < -0.39 is 5.97 Å². The van der Waals surface area contributed by atoms with Crippen molar-refractivity contribution in [3.63, 3.8) is 0 Å². The van der Waals surface area contributed by atoms with Gasteiger partial charge in [0.05, 0.1) is 66.2 Å². The van der Waals surface area contributed by atoms with Crippen LogP contribution in [-0.4, -0.2) is 89.5 Å². The van der Waals surface area contributed by atoms with Crippen LogP contribution in [0.2, 0.25) is 0 Å². The minimum Gasteiger partial charge on any atom is -0.481 e. The Labute approximate surface area is 159 Å². The molecule has 0 aromatic heterocycles. The number of rotatable bonds is 19. The number of aliphatic carboxylic acids is 1. The predicted octanol–water partition coefficient (Wildman–Crippen LogP) is -0.0130. The van der Waals surface area contributed by atoms with Crippen LogP contribution in [0.3, 0.4) is 0 Å². The van der Waals surface area contributed by atoms with Gasteiger partial charge in [-0.3, -0.25) is 14.4 Å². The highest BCUT2D eigenvalue weighted by Crippen LogP contribution is 1.90. The third-order valence-corrected chi connectivity index (χ3v) is 3.15. The molecule has 0 aliphatic rings. The quantitative estimate of drug-likeness (QED) is 0.230. The first kappa shape index (κ1) is 25.2. The van der Waals surface area contributed by atoms with Gasteiger partial charge in [0, 0.05) is 19.6 Å². The van der Waals surface area contributed by atoms with E-state index in [2.05, 4.69) is 10.1 Å². The maximum absolute atomic E-state index is 11.2. The molecule has 0 unspecified atom stereocenters. The largest absolute Gasteiger partial charge is 0.481 e. The van der Waals surface area contributed by atoms with Gasteiger partial charge in [0.15, 0.2) is 0 Å². The van der Waals surface area contributed by atoms with Gasteiger partial charge in [0.1, 0.15) is 0 Å². The Hall–Kier alpha value is -1.75. The first-order chi connectivity index (χ1) is 13.1. The van der Waals surface area contributed by atoms with E-state index in [1.165, 1.54) is 7.11 Å². The molecule has 0 bridgehead atoms. The highest BCUT2D eigenvalue weighted by molar-refractivity contribution is 5.80. The summed E-state index contributed by atoms with van der Waals surface area (Å²) in [5.74, 6) is -1.55. The van der Waals surface area contributed by atoms with Crippen molar-refractivity contribution in [3.05, 3.63) is 0 Å². The minimum absolute atomic E-state index is 0.00822. The molecule has 0 atom stereocenters. The van der Waals surface area contributed by atoms with Crippen LogP contribution >= 0.6 is 0 Å². The molecular weight excluding hydrogens is 362 g/mol. The molecule has 1 amide bonds. The van der Waals surface area contributed by atoms with Gasteiger partial charge in [0.25, 0.3) is 0 Å². The summed E-state index contributed by atoms with van der Waals surface area (Å²) in [6.07, 6.45) is 0.714. The lowest BCUT2D eigenvalue weighted by Crippen LogP contribution is -2.25. The Morgan fingerprint density at radius 2 is 1.26 bits per heavy atom. The summed E-state index contributed by atoms with van der Waals surface area (Å²) in [6.45, 7) is 3.89. The minimum atomic E-state index is -0.983. The molecule has 0 aromatic rings. The predicted molar refractivity (Wildman–Crippen MR) is 94.4 cm³/mol. The zero-order valence-corrected chi connectivity index (χ0v) is 15.9. The number of ether oxygens (including phenoxy) is 5. The number of hydrogen-bond donors (Lipinski definition) is 2. The van der Waals surface area contributed by atoms with Gasteiger partial charge < -0.3 is 34.1 Å². The Morgan fingerprint density at radius 1 is 0.741 bits per heavy atom. The SMILES string of the molecule is COC(=O)CCOCCOCCOCCOCCCNC(=O)CCC(=O)O. The monoisotopic (exact) mass is 393 g/mol. The molecule has 0 aromatic carbocycles. The van der Waals surface area contributed by atoms with Crippen molar-refractivity contribution in [1.82, 2.24) is 5.32 Å². The molecule has 0 spiro atoms. The van der Waals surface area contributed by atoms with Crippen LogP contribution in [0.1, 0.15) is 25.7 Å². The van der Waals surface area contributed by atoms with Crippen LogP contribution in [0.4, 0.5) is 0 Å². The second-order valence-corrected chi connectivity index (χ2v) is 5.37. The van der Waals surface area contributed by atoms with E-state index in [-0.39, 0.29) is 31.1 Å². The fourth-order valence-corrected chi connectivity index (χ4v) is 1.73. The first-order valence-electron chi connectivity index (χ1n) is 8.92. The van der Waals surface area contributed by atoms with E-state index in [0.717, 1.165) is 0 Å². The van der Waals surface area contributed by atoms with E-state index >= 15 is 0 Å². The molecule has 0 radical (unpaired) electrons. The summed E-state index contributed by atoms with van der Waals surface area (Å²) in [5.41, 5.74) is 0. The molecule has 10 nitrogen and oxygen atoms in total. The van der Waals surface area contributed by atoms with Crippen LogP contribution < -0.4 is 5.32 Å². The van der Waals surface area contributed by atoms with Gasteiger partial charge in [-0.05, 0) is 6.42 Å². The lowest BCUT2D eigenvalue weighted by Gasteiger charge is -2.08. The molecular formula is C17H31NO9. The molecule has 10 heteroatoms. The van der Waals surface area contributed by atoms with E-state index in [4.69, 9.17) is 24.1 Å². The molecule has 0 rings (SSSR count). The highest BCUT2D eigenvalue weighted by Gasteiger charge is 2.04. The Balaban J connectivity index is 3.14. The van der Waals surface area contributed by atoms with E-state index in [9.17, 15) is 14.4 Å². The molecule has 0 heterocycles. The number of carboxylic acids is 1. The van der Waals surface area contributed by atoms with Crippen molar-refractivity contribution >= 4 is 17.8 Å². The van der Waals surface area contributed by atoms with Gasteiger partial charge in [-0.25, -0.2) is 0 Å². The molecule has 27 heavy (non-hydrogen) atoms. The topological polar surface area (TPSA) is 130 Å². The number of carbonyl (C=O) groups excluding carboxylic acids is 2. The summed E-state index contributed by atoms with van der Waals surface area (Å²) in [4.78, 5) is 32.4. The van der Waals surface area contributed by atoms with Crippen LogP contribution in [0.15, 0.2) is 0 Å². The second-order valence-electron chi connectivity index (χ2n) is 5.37. The number of amides is 1. The third-order valence-electron chi connectivity index (χ3n) is 3.15.